The lowest BCUT2D eigenvalue weighted by Crippen LogP contribution is -2.49. The molecule has 3 amide bonds. The Morgan fingerprint density at radius 2 is 1.81 bits per heavy atom. The maximum Gasteiger partial charge on any atom is 0.273 e. The van der Waals surface area contributed by atoms with Gasteiger partial charge in [0.25, 0.3) is 11.8 Å². The third-order valence-electron chi connectivity index (χ3n) is 5.20. The van der Waals surface area contributed by atoms with Gasteiger partial charge in [-0.2, -0.15) is 4.37 Å². The maximum absolute atomic E-state index is 14.4. The standard InChI is InChI=1S/C25H28FN5O5S/c1-25(2,3)29-23(33)20(16-12-15(35-4)9-10-17(16)36-5)31(14-8-6-7-13(26)11-14)24(34)21-18(27)19(22(28)32)30-37-21/h6-12,20H,27H2,1-5H3,(H2,28,32)(H,29,33). The molecule has 0 fully saturated rings. The molecule has 0 aliphatic rings. The monoisotopic (exact) mass is 529 g/mol. The van der Waals surface area contributed by atoms with Crippen molar-refractivity contribution in [1.82, 2.24) is 9.69 Å². The van der Waals surface area contributed by atoms with Crippen LogP contribution in [0.25, 0.3) is 0 Å². The van der Waals surface area contributed by atoms with Crippen molar-refractivity contribution in [2.75, 3.05) is 24.9 Å². The quantitative estimate of drug-likeness (QED) is 0.405. The zero-order valence-electron chi connectivity index (χ0n) is 21.0. The SMILES string of the molecule is COc1ccc(OC)c(C(C(=O)NC(C)(C)C)N(C(=O)c2snc(C(N)=O)c2N)c2cccc(F)c2)c1. The Kier molecular flexibility index (Phi) is 8.02. The highest BCUT2D eigenvalue weighted by atomic mass is 32.1. The number of carbonyl (C=O) groups is 3. The molecule has 0 saturated carbocycles. The number of nitrogens with two attached hydrogens (primary N) is 2. The van der Waals surface area contributed by atoms with Crippen LogP contribution in [0, 0.1) is 5.82 Å². The number of carbonyl (C=O) groups excluding carboxylic acids is 3. The fourth-order valence-electron chi connectivity index (χ4n) is 3.64. The van der Waals surface area contributed by atoms with E-state index in [1.807, 2.05) is 0 Å². The molecule has 1 atom stereocenters. The van der Waals surface area contributed by atoms with Crippen LogP contribution >= 0.6 is 11.5 Å². The summed E-state index contributed by atoms with van der Waals surface area (Å²) in [5, 5.41) is 2.88. The fraction of sp³-hybridized carbons (Fsp3) is 0.280. The van der Waals surface area contributed by atoms with Gasteiger partial charge in [0.2, 0.25) is 5.91 Å². The van der Waals surface area contributed by atoms with Crippen molar-refractivity contribution in [3.8, 4) is 11.5 Å². The zero-order valence-corrected chi connectivity index (χ0v) is 21.8. The zero-order chi connectivity index (χ0) is 27.5. The van der Waals surface area contributed by atoms with Crippen LogP contribution < -0.4 is 31.2 Å². The Bertz CT molecular complexity index is 1340. The predicted molar refractivity (Wildman–Crippen MR) is 138 cm³/mol. The van der Waals surface area contributed by atoms with Crippen LogP contribution in [0.2, 0.25) is 0 Å². The van der Waals surface area contributed by atoms with Crippen molar-refractivity contribution in [3.05, 3.63) is 64.4 Å². The smallest absolute Gasteiger partial charge is 0.273 e. The summed E-state index contributed by atoms with van der Waals surface area (Å²) in [6.07, 6.45) is 0. The Morgan fingerprint density at radius 1 is 1.11 bits per heavy atom. The summed E-state index contributed by atoms with van der Waals surface area (Å²) in [5.41, 5.74) is 10.5. The Labute approximate surface area is 217 Å². The van der Waals surface area contributed by atoms with Gasteiger partial charge in [-0.25, -0.2) is 4.39 Å². The van der Waals surface area contributed by atoms with E-state index in [0.29, 0.717) is 17.3 Å². The molecule has 0 aliphatic carbocycles. The molecule has 0 radical (unpaired) electrons. The van der Waals surface area contributed by atoms with Crippen molar-refractivity contribution in [1.29, 1.82) is 0 Å². The molecule has 0 saturated heterocycles. The van der Waals surface area contributed by atoms with Gasteiger partial charge >= 0.3 is 0 Å². The van der Waals surface area contributed by atoms with Crippen molar-refractivity contribution < 1.29 is 28.2 Å². The topological polar surface area (TPSA) is 150 Å². The summed E-state index contributed by atoms with van der Waals surface area (Å²) in [4.78, 5) is 40.6. The van der Waals surface area contributed by atoms with Gasteiger partial charge in [0.1, 0.15) is 28.2 Å². The summed E-state index contributed by atoms with van der Waals surface area (Å²) in [7, 11) is 2.87. The van der Waals surface area contributed by atoms with E-state index in [9.17, 15) is 18.8 Å². The largest absolute Gasteiger partial charge is 0.497 e. The van der Waals surface area contributed by atoms with Crippen LogP contribution in [0.1, 0.15) is 52.5 Å². The number of rotatable bonds is 8. The second-order valence-corrected chi connectivity index (χ2v) is 9.82. The molecular formula is C25H28FN5O5S. The molecule has 5 N–H and O–H groups in total. The number of ether oxygens (including phenoxy) is 2. The van der Waals surface area contributed by atoms with Crippen molar-refractivity contribution in [2.45, 2.75) is 32.4 Å². The molecule has 196 valence electrons. The van der Waals surface area contributed by atoms with E-state index in [0.717, 1.165) is 11.0 Å². The van der Waals surface area contributed by atoms with Gasteiger partial charge in [0.15, 0.2) is 5.69 Å². The number of primary amides is 1. The second kappa shape index (κ2) is 10.8. The Balaban J connectivity index is 2.34. The number of halogens is 1. The average molecular weight is 530 g/mol. The molecule has 1 aromatic heterocycles. The van der Waals surface area contributed by atoms with E-state index >= 15 is 0 Å². The number of nitrogen functional groups attached to an aromatic ring is 1. The highest BCUT2D eigenvalue weighted by Gasteiger charge is 2.39. The van der Waals surface area contributed by atoms with Crippen LogP contribution in [0.5, 0.6) is 11.5 Å². The molecule has 1 unspecified atom stereocenters. The first-order valence-electron chi connectivity index (χ1n) is 11.1. The molecular weight excluding hydrogens is 501 g/mol. The number of hydrogen-bond acceptors (Lipinski definition) is 8. The molecule has 3 rings (SSSR count). The van der Waals surface area contributed by atoms with Crippen LogP contribution in [0.15, 0.2) is 42.5 Å². The fourth-order valence-corrected chi connectivity index (χ4v) is 4.38. The minimum atomic E-state index is -1.38. The molecule has 3 aromatic rings. The predicted octanol–water partition coefficient (Wildman–Crippen LogP) is 3.28. The molecule has 10 nitrogen and oxygen atoms in total. The molecule has 0 aliphatic heterocycles. The van der Waals surface area contributed by atoms with Gasteiger partial charge in [0.05, 0.1) is 19.9 Å². The van der Waals surface area contributed by atoms with Crippen LogP contribution in [-0.4, -0.2) is 41.9 Å². The lowest BCUT2D eigenvalue weighted by Gasteiger charge is -2.34. The van der Waals surface area contributed by atoms with Gasteiger partial charge in [-0.1, -0.05) is 6.07 Å². The number of methoxy groups -OCH3 is 2. The Morgan fingerprint density at radius 3 is 2.35 bits per heavy atom. The first kappa shape index (κ1) is 27.4. The van der Waals surface area contributed by atoms with Crippen LogP contribution in [0.3, 0.4) is 0 Å². The number of hydrogen-bond donors (Lipinski definition) is 3. The van der Waals surface area contributed by atoms with Gasteiger partial charge < -0.3 is 26.3 Å². The number of nitrogens with one attached hydrogen (secondary N) is 1. The van der Waals surface area contributed by atoms with Gasteiger partial charge in [-0.3, -0.25) is 19.3 Å². The third kappa shape index (κ3) is 5.97. The number of aromatic nitrogens is 1. The number of anilines is 2. The van der Waals surface area contributed by atoms with E-state index in [-0.39, 0.29) is 33.3 Å². The average Bonchev–Trinajstić information content (AvgIpc) is 3.22. The first-order valence-corrected chi connectivity index (χ1v) is 11.8. The van der Waals surface area contributed by atoms with E-state index in [1.165, 1.54) is 32.4 Å². The maximum atomic E-state index is 14.4. The van der Waals surface area contributed by atoms with Crippen molar-refractivity contribution >= 4 is 40.6 Å². The third-order valence-corrected chi connectivity index (χ3v) is 6.05. The lowest BCUT2D eigenvalue weighted by atomic mass is 9.99. The second-order valence-electron chi connectivity index (χ2n) is 9.04. The number of amides is 3. The van der Waals surface area contributed by atoms with E-state index in [1.54, 1.807) is 39.0 Å². The van der Waals surface area contributed by atoms with E-state index in [2.05, 4.69) is 9.69 Å². The highest BCUT2D eigenvalue weighted by Crippen LogP contribution is 2.38. The van der Waals surface area contributed by atoms with Gasteiger partial charge in [-0.15, -0.1) is 0 Å². The lowest BCUT2D eigenvalue weighted by molar-refractivity contribution is -0.123. The normalized spacial score (nSPS) is 11.9. The Hall–Kier alpha value is -4.19. The number of nitrogens with zero attached hydrogens (tertiary/aromatic N) is 2. The van der Waals surface area contributed by atoms with Crippen LogP contribution in [-0.2, 0) is 4.79 Å². The van der Waals surface area contributed by atoms with E-state index in [4.69, 9.17) is 20.9 Å². The van der Waals surface area contributed by atoms with Gasteiger partial charge in [0, 0.05) is 16.8 Å². The molecule has 1 heterocycles. The summed E-state index contributed by atoms with van der Waals surface area (Å²) >= 11 is 0.646. The summed E-state index contributed by atoms with van der Waals surface area (Å²) in [6, 6.07) is 8.58. The molecule has 0 spiro atoms. The van der Waals surface area contributed by atoms with E-state index < -0.39 is 35.1 Å². The minimum Gasteiger partial charge on any atom is -0.497 e. The molecule has 37 heavy (non-hydrogen) atoms. The van der Waals surface area contributed by atoms with Crippen LogP contribution in [0.4, 0.5) is 15.8 Å². The summed E-state index contributed by atoms with van der Waals surface area (Å²) in [5.74, 6) is -2.27. The number of benzene rings is 2. The molecule has 2 aromatic carbocycles. The van der Waals surface area contributed by atoms with Crippen molar-refractivity contribution in [3.63, 3.8) is 0 Å². The highest BCUT2D eigenvalue weighted by molar-refractivity contribution is 7.09. The minimum absolute atomic E-state index is 0.0531. The molecule has 12 heteroatoms. The first-order chi connectivity index (χ1) is 17.4. The summed E-state index contributed by atoms with van der Waals surface area (Å²) in [6.45, 7) is 5.33. The van der Waals surface area contributed by atoms with Gasteiger partial charge in [-0.05, 0) is 68.7 Å². The summed E-state index contributed by atoms with van der Waals surface area (Å²) < 4.78 is 29.2. The van der Waals surface area contributed by atoms with Crippen molar-refractivity contribution in [2.24, 2.45) is 5.73 Å². The molecule has 0 bridgehead atoms.